The predicted octanol–water partition coefficient (Wildman–Crippen LogP) is 5.37. The van der Waals surface area contributed by atoms with E-state index >= 15 is 0 Å². The van der Waals surface area contributed by atoms with Crippen molar-refractivity contribution < 1.29 is 14.3 Å². The average molecular weight is 525 g/mol. The Hall–Kier alpha value is -4.17. The van der Waals surface area contributed by atoms with Crippen LogP contribution in [0.1, 0.15) is 41.6 Å². The number of hydrogen-bond donors (Lipinski definition) is 1. The number of amidine groups is 1. The number of hydrogen-bond acceptors (Lipinski definition) is 7. The summed E-state index contributed by atoms with van der Waals surface area (Å²) in [7, 11) is 0. The quantitative estimate of drug-likeness (QED) is 0.399. The summed E-state index contributed by atoms with van der Waals surface area (Å²) in [6.45, 7) is 4.48. The number of thioether (sulfide) groups is 1. The second-order valence-electron chi connectivity index (χ2n) is 8.97. The van der Waals surface area contributed by atoms with Gasteiger partial charge in [0.05, 0.1) is 30.3 Å². The highest BCUT2D eigenvalue weighted by Gasteiger charge is 2.42. The smallest absolute Gasteiger partial charge is 0.338 e. The summed E-state index contributed by atoms with van der Waals surface area (Å²) in [5.74, 6) is -0.535. The van der Waals surface area contributed by atoms with E-state index in [2.05, 4.69) is 16.4 Å². The molecule has 0 unspecified atom stereocenters. The van der Waals surface area contributed by atoms with Crippen molar-refractivity contribution in [2.24, 2.45) is 4.99 Å². The zero-order chi connectivity index (χ0) is 26.5. The van der Waals surface area contributed by atoms with E-state index in [0.717, 1.165) is 33.1 Å². The molecule has 0 saturated heterocycles. The minimum Gasteiger partial charge on any atom is -0.463 e. The molecular weight excluding hydrogens is 496 g/mol. The minimum atomic E-state index is -0.495. The Labute approximate surface area is 226 Å². The van der Waals surface area contributed by atoms with Gasteiger partial charge in [-0.25, -0.2) is 9.79 Å². The number of rotatable bonds is 8. The predicted molar refractivity (Wildman–Crippen MR) is 150 cm³/mol. The molecule has 1 atom stereocenters. The van der Waals surface area contributed by atoms with Crippen molar-refractivity contribution in [3.8, 4) is 0 Å². The van der Waals surface area contributed by atoms with Crippen LogP contribution >= 0.6 is 11.8 Å². The topological polar surface area (TPSA) is 83.9 Å². The van der Waals surface area contributed by atoms with Crippen LogP contribution in [0.3, 0.4) is 0 Å². The molecule has 2 aliphatic heterocycles. The van der Waals surface area contributed by atoms with E-state index in [4.69, 9.17) is 9.73 Å². The van der Waals surface area contributed by atoms with E-state index in [1.54, 1.807) is 19.3 Å². The van der Waals surface area contributed by atoms with Crippen molar-refractivity contribution in [3.05, 3.63) is 118 Å². The summed E-state index contributed by atoms with van der Waals surface area (Å²) in [5, 5.41) is 5.66. The molecule has 0 fully saturated rings. The lowest BCUT2D eigenvalue weighted by Gasteiger charge is -2.37. The van der Waals surface area contributed by atoms with Gasteiger partial charge >= 0.3 is 5.97 Å². The van der Waals surface area contributed by atoms with E-state index < -0.39 is 12.0 Å². The highest BCUT2D eigenvalue weighted by molar-refractivity contribution is 8.16. The van der Waals surface area contributed by atoms with Crippen LogP contribution in [0.5, 0.6) is 0 Å². The number of carbonyl (C=O) groups excluding carboxylic acids is 2. The summed E-state index contributed by atoms with van der Waals surface area (Å²) in [4.78, 5) is 37.5. The summed E-state index contributed by atoms with van der Waals surface area (Å²) in [6, 6.07) is 21.0. The van der Waals surface area contributed by atoms with Crippen LogP contribution in [0, 0.1) is 6.92 Å². The van der Waals surface area contributed by atoms with Gasteiger partial charge in [-0.1, -0.05) is 71.9 Å². The number of esters is 1. The van der Waals surface area contributed by atoms with Crippen molar-refractivity contribution in [1.82, 2.24) is 15.2 Å². The Morgan fingerprint density at radius 3 is 2.58 bits per heavy atom. The van der Waals surface area contributed by atoms with Crippen molar-refractivity contribution in [1.29, 1.82) is 0 Å². The van der Waals surface area contributed by atoms with Crippen LogP contribution < -0.4 is 5.32 Å². The van der Waals surface area contributed by atoms with Gasteiger partial charge in [0.15, 0.2) is 5.17 Å². The number of nitrogens with one attached hydrogen (secondary N) is 1. The van der Waals surface area contributed by atoms with Gasteiger partial charge in [0, 0.05) is 30.2 Å². The fourth-order valence-corrected chi connectivity index (χ4v) is 5.49. The van der Waals surface area contributed by atoms with Gasteiger partial charge in [0.25, 0.3) is 0 Å². The Morgan fingerprint density at radius 2 is 1.84 bits per heavy atom. The van der Waals surface area contributed by atoms with Crippen molar-refractivity contribution in [2.45, 2.75) is 32.9 Å². The van der Waals surface area contributed by atoms with E-state index in [1.807, 2.05) is 77.9 Å². The first-order valence-electron chi connectivity index (χ1n) is 12.5. The molecule has 0 radical (unpaired) electrons. The number of nitrogens with zero attached hydrogens (tertiary/aromatic N) is 3. The maximum atomic E-state index is 13.5. The number of pyridine rings is 1. The molecule has 38 heavy (non-hydrogen) atoms. The molecule has 1 N–H and O–H groups in total. The fourth-order valence-electron chi connectivity index (χ4n) is 4.57. The molecular formula is C30H28N4O3S. The minimum absolute atomic E-state index is 0.117. The van der Waals surface area contributed by atoms with Crippen LogP contribution in [0.15, 0.2) is 101 Å². The van der Waals surface area contributed by atoms with Gasteiger partial charge in [0.2, 0.25) is 5.91 Å². The Balaban J connectivity index is 1.53. The van der Waals surface area contributed by atoms with Gasteiger partial charge in [-0.3, -0.25) is 9.78 Å². The lowest BCUT2D eigenvalue weighted by atomic mass is 9.90. The molecule has 0 spiro atoms. The van der Waals surface area contributed by atoms with Crippen molar-refractivity contribution in [2.75, 3.05) is 6.61 Å². The van der Waals surface area contributed by atoms with Gasteiger partial charge in [-0.05, 0) is 42.5 Å². The maximum Gasteiger partial charge on any atom is 0.338 e. The number of benzene rings is 2. The molecule has 2 aliphatic rings. The lowest BCUT2D eigenvalue weighted by molar-refractivity contribution is -0.139. The van der Waals surface area contributed by atoms with E-state index in [1.165, 1.54) is 11.8 Å². The Bertz CT molecular complexity index is 1430. The third kappa shape index (κ3) is 5.40. The number of amides is 1. The van der Waals surface area contributed by atoms with Gasteiger partial charge in [-0.15, -0.1) is 0 Å². The van der Waals surface area contributed by atoms with Gasteiger partial charge in [0.1, 0.15) is 0 Å². The first kappa shape index (κ1) is 25.5. The van der Waals surface area contributed by atoms with Crippen LogP contribution in [-0.2, 0) is 20.9 Å². The highest BCUT2D eigenvalue weighted by Crippen LogP contribution is 2.47. The fraction of sp³-hybridized carbons (Fsp3) is 0.200. The van der Waals surface area contributed by atoms with E-state index in [9.17, 15) is 9.59 Å². The number of aliphatic imine (C=N–C) groups is 1. The number of aryl methyl sites for hydroxylation is 1. The van der Waals surface area contributed by atoms with Crippen LogP contribution in [-0.4, -0.2) is 33.5 Å². The summed E-state index contributed by atoms with van der Waals surface area (Å²) in [6.07, 6.45) is 3.55. The van der Waals surface area contributed by atoms with Gasteiger partial charge < -0.3 is 15.0 Å². The Kier molecular flexibility index (Phi) is 7.70. The number of ether oxygens (including phenoxy) is 1. The zero-order valence-electron chi connectivity index (χ0n) is 21.3. The standard InChI is InChI=1S/C30H28N4O3S/c1-3-37-29(36)26-27(22-9-5-4-6-10-22)33-30-34(28(26)23-11-7-8-20(2)16-23)24(19-38-30)17-25(35)32-18-21-12-14-31-15-13-21/h4-16,19,28H,3,17-18H2,1-2H3,(H,32,35)/t28-/m1/s1. The molecule has 0 aliphatic carbocycles. The first-order chi connectivity index (χ1) is 18.5. The summed E-state index contributed by atoms with van der Waals surface area (Å²) >= 11 is 1.46. The normalized spacial score (nSPS) is 16.5. The zero-order valence-corrected chi connectivity index (χ0v) is 22.1. The van der Waals surface area contributed by atoms with Crippen LogP contribution in [0.25, 0.3) is 5.70 Å². The average Bonchev–Trinajstić information content (AvgIpc) is 3.34. The van der Waals surface area contributed by atoms with Gasteiger partial charge in [-0.2, -0.15) is 0 Å². The second-order valence-corrected chi connectivity index (χ2v) is 9.80. The largest absolute Gasteiger partial charge is 0.463 e. The summed E-state index contributed by atoms with van der Waals surface area (Å²) in [5.41, 5.74) is 5.64. The molecule has 0 saturated carbocycles. The lowest BCUT2D eigenvalue weighted by Crippen LogP contribution is -2.38. The molecule has 3 heterocycles. The summed E-state index contributed by atoms with van der Waals surface area (Å²) < 4.78 is 5.56. The molecule has 7 nitrogen and oxygen atoms in total. The molecule has 8 heteroatoms. The number of fused-ring (bicyclic) bond motifs is 1. The molecule has 3 aromatic rings. The first-order valence-corrected chi connectivity index (χ1v) is 13.4. The van der Waals surface area contributed by atoms with Crippen LogP contribution in [0.2, 0.25) is 0 Å². The second kappa shape index (κ2) is 11.5. The van der Waals surface area contributed by atoms with Crippen molar-refractivity contribution >= 4 is 34.5 Å². The monoisotopic (exact) mass is 524 g/mol. The molecule has 1 amide bonds. The van der Waals surface area contributed by atoms with E-state index in [-0.39, 0.29) is 18.9 Å². The molecule has 5 rings (SSSR count). The third-order valence-corrected chi connectivity index (χ3v) is 7.18. The Morgan fingerprint density at radius 1 is 1.05 bits per heavy atom. The SMILES string of the molecule is CCOC(=O)C1=C(c2ccccc2)N=C2SC=C(CC(=O)NCc3ccncc3)N2[C@@H]1c1cccc(C)c1. The van der Waals surface area contributed by atoms with Crippen LogP contribution in [0.4, 0.5) is 0 Å². The highest BCUT2D eigenvalue weighted by atomic mass is 32.2. The molecule has 2 aromatic carbocycles. The maximum absolute atomic E-state index is 13.5. The number of aromatic nitrogens is 1. The van der Waals surface area contributed by atoms with Crippen molar-refractivity contribution in [3.63, 3.8) is 0 Å². The molecule has 192 valence electrons. The molecule has 1 aromatic heterocycles. The molecule has 0 bridgehead atoms. The number of carbonyl (C=O) groups is 2. The van der Waals surface area contributed by atoms with E-state index in [0.29, 0.717) is 17.8 Å². The third-order valence-electron chi connectivity index (χ3n) is 6.29.